The highest BCUT2D eigenvalue weighted by atomic mass is 32.2. The number of benzene rings is 2. The summed E-state index contributed by atoms with van der Waals surface area (Å²) in [5, 5.41) is 0. The number of carbonyl (C=O) groups excluding carboxylic acids is 1. The average Bonchev–Trinajstić information content (AvgIpc) is 2.72. The summed E-state index contributed by atoms with van der Waals surface area (Å²) in [4.78, 5) is 11.3. The number of hydrogen-bond donors (Lipinski definition) is 1. The third kappa shape index (κ3) is 7.88. The standard InChI is InChI=1S/C23H30FNO4S/c1-18-9-8-10-21(17-18)30(27,28)25-22(19-13-15-20(24)16-14-19)11-6-4-3-5-7-12-23(26)29-2/h8-10,13-17,22,25H,3-7,11-12H2,1-2H3. The molecule has 2 aromatic carbocycles. The van der Waals surface area contributed by atoms with Crippen LogP contribution in [0.25, 0.3) is 0 Å². The molecule has 1 N–H and O–H groups in total. The second kappa shape index (κ2) is 11.8. The molecule has 0 bridgehead atoms. The molecule has 2 rings (SSSR count). The Balaban J connectivity index is 1.98. The van der Waals surface area contributed by atoms with E-state index in [-0.39, 0.29) is 16.7 Å². The van der Waals surface area contributed by atoms with Gasteiger partial charge in [-0.1, -0.05) is 49.9 Å². The van der Waals surface area contributed by atoms with Crippen molar-refractivity contribution in [3.8, 4) is 0 Å². The van der Waals surface area contributed by atoms with E-state index in [2.05, 4.69) is 9.46 Å². The van der Waals surface area contributed by atoms with Crippen molar-refractivity contribution in [2.75, 3.05) is 7.11 Å². The predicted octanol–water partition coefficient (Wildman–Crippen LogP) is 5.06. The minimum atomic E-state index is -3.70. The highest BCUT2D eigenvalue weighted by molar-refractivity contribution is 7.89. The van der Waals surface area contributed by atoms with Gasteiger partial charge in [0, 0.05) is 12.5 Å². The largest absolute Gasteiger partial charge is 0.469 e. The molecule has 164 valence electrons. The van der Waals surface area contributed by atoms with Crippen molar-refractivity contribution in [1.82, 2.24) is 4.72 Å². The zero-order valence-corrected chi connectivity index (χ0v) is 18.4. The summed E-state index contributed by atoms with van der Waals surface area (Å²) in [6, 6.07) is 12.2. The molecule has 30 heavy (non-hydrogen) atoms. The number of ether oxygens (including phenoxy) is 1. The zero-order valence-electron chi connectivity index (χ0n) is 17.6. The first kappa shape index (κ1) is 24.0. The summed E-state index contributed by atoms with van der Waals surface area (Å²) in [7, 11) is -2.31. The second-order valence-electron chi connectivity index (χ2n) is 7.42. The SMILES string of the molecule is COC(=O)CCCCCCCC(NS(=O)(=O)c1cccc(C)c1)c1ccc(F)cc1. The van der Waals surface area contributed by atoms with E-state index < -0.39 is 16.1 Å². The van der Waals surface area contributed by atoms with Gasteiger partial charge in [-0.25, -0.2) is 17.5 Å². The molecule has 0 aromatic heterocycles. The van der Waals surface area contributed by atoms with E-state index in [4.69, 9.17) is 0 Å². The number of methoxy groups -OCH3 is 1. The summed E-state index contributed by atoms with van der Waals surface area (Å²) >= 11 is 0. The van der Waals surface area contributed by atoms with Crippen molar-refractivity contribution < 1.29 is 22.3 Å². The van der Waals surface area contributed by atoms with E-state index >= 15 is 0 Å². The Morgan fingerprint density at radius 3 is 2.37 bits per heavy atom. The first-order chi connectivity index (χ1) is 14.3. The Bertz CT molecular complexity index is 913. The van der Waals surface area contributed by atoms with Crippen LogP contribution in [0.5, 0.6) is 0 Å². The number of unbranched alkanes of at least 4 members (excludes halogenated alkanes) is 4. The van der Waals surface area contributed by atoms with Crippen LogP contribution in [0.1, 0.15) is 62.1 Å². The van der Waals surface area contributed by atoms with Gasteiger partial charge >= 0.3 is 5.97 Å². The van der Waals surface area contributed by atoms with Crippen molar-refractivity contribution in [2.24, 2.45) is 0 Å². The van der Waals surface area contributed by atoms with Gasteiger partial charge in [-0.3, -0.25) is 4.79 Å². The molecule has 1 atom stereocenters. The normalized spacial score (nSPS) is 12.5. The molecular formula is C23H30FNO4S. The van der Waals surface area contributed by atoms with Crippen LogP contribution < -0.4 is 4.72 Å². The molecule has 0 aliphatic rings. The topological polar surface area (TPSA) is 72.5 Å². The van der Waals surface area contributed by atoms with Gasteiger partial charge in [0.25, 0.3) is 0 Å². The summed E-state index contributed by atoms with van der Waals surface area (Å²) in [6.45, 7) is 1.84. The molecular weight excluding hydrogens is 405 g/mol. The number of nitrogens with one attached hydrogen (secondary N) is 1. The Labute approximate surface area is 178 Å². The third-order valence-electron chi connectivity index (χ3n) is 4.97. The fourth-order valence-corrected chi connectivity index (χ4v) is 4.64. The van der Waals surface area contributed by atoms with Gasteiger partial charge < -0.3 is 4.74 Å². The van der Waals surface area contributed by atoms with Crippen LogP contribution in [0.3, 0.4) is 0 Å². The fraction of sp³-hybridized carbons (Fsp3) is 0.435. The number of sulfonamides is 1. The first-order valence-electron chi connectivity index (χ1n) is 10.2. The lowest BCUT2D eigenvalue weighted by atomic mass is 10.0. The smallest absolute Gasteiger partial charge is 0.305 e. The number of rotatable bonds is 12. The van der Waals surface area contributed by atoms with Crippen LogP contribution in [0.4, 0.5) is 4.39 Å². The molecule has 5 nitrogen and oxygen atoms in total. The summed E-state index contributed by atoms with van der Waals surface area (Å²) in [6.07, 6.45) is 5.43. The van der Waals surface area contributed by atoms with E-state index in [1.807, 2.05) is 13.0 Å². The lowest BCUT2D eigenvalue weighted by Crippen LogP contribution is -2.28. The lowest BCUT2D eigenvalue weighted by Gasteiger charge is -2.20. The van der Waals surface area contributed by atoms with Crippen molar-refractivity contribution in [3.05, 3.63) is 65.5 Å². The Hall–Kier alpha value is -2.25. The summed E-state index contributed by atoms with van der Waals surface area (Å²) in [5.74, 6) is -0.554. The van der Waals surface area contributed by atoms with Gasteiger partial charge in [-0.15, -0.1) is 0 Å². The molecule has 0 spiro atoms. The Morgan fingerprint density at radius 1 is 1.03 bits per heavy atom. The minimum Gasteiger partial charge on any atom is -0.469 e. The molecule has 0 aliphatic heterocycles. The lowest BCUT2D eigenvalue weighted by molar-refractivity contribution is -0.140. The van der Waals surface area contributed by atoms with E-state index in [1.165, 1.54) is 19.2 Å². The monoisotopic (exact) mass is 435 g/mol. The van der Waals surface area contributed by atoms with Gasteiger partial charge in [0.15, 0.2) is 0 Å². The van der Waals surface area contributed by atoms with Crippen LogP contribution in [0.2, 0.25) is 0 Å². The summed E-state index contributed by atoms with van der Waals surface area (Å²) in [5.41, 5.74) is 1.60. The van der Waals surface area contributed by atoms with Crippen molar-refractivity contribution in [2.45, 2.75) is 62.8 Å². The van der Waals surface area contributed by atoms with E-state index in [9.17, 15) is 17.6 Å². The average molecular weight is 436 g/mol. The quantitative estimate of drug-likeness (QED) is 0.374. The maximum Gasteiger partial charge on any atom is 0.305 e. The van der Waals surface area contributed by atoms with E-state index in [1.54, 1.807) is 30.3 Å². The number of hydrogen-bond acceptors (Lipinski definition) is 4. The molecule has 0 saturated heterocycles. The first-order valence-corrected chi connectivity index (χ1v) is 11.7. The molecule has 0 aliphatic carbocycles. The van der Waals surface area contributed by atoms with Gasteiger partial charge in [-0.2, -0.15) is 0 Å². The molecule has 0 heterocycles. The van der Waals surface area contributed by atoms with Crippen LogP contribution >= 0.6 is 0 Å². The molecule has 0 amide bonds. The van der Waals surface area contributed by atoms with Gasteiger partial charge in [0.2, 0.25) is 10.0 Å². The van der Waals surface area contributed by atoms with E-state index in [0.717, 1.165) is 43.2 Å². The van der Waals surface area contributed by atoms with Crippen molar-refractivity contribution in [3.63, 3.8) is 0 Å². The van der Waals surface area contributed by atoms with Gasteiger partial charge in [0.1, 0.15) is 5.82 Å². The third-order valence-corrected chi connectivity index (χ3v) is 6.44. The van der Waals surface area contributed by atoms with Crippen LogP contribution in [-0.2, 0) is 19.6 Å². The van der Waals surface area contributed by atoms with Crippen LogP contribution in [-0.4, -0.2) is 21.5 Å². The fourth-order valence-electron chi connectivity index (χ4n) is 3.28. The summed E-state index contributed by atoms with van der Waals surface area (Å²) < 4.78 is 46.5. The molecule has 0 fully saturated rings. The van der Waals surface area contributed by atoms with E-state index in [0.29, 0.717) is 12.8 Å². The highest BCUT2D eigenvalue weighted by Gasteiger charge is 2.21. The molecule has 0 radical (unpaired) electrons. The second-order valence-corrected chi connectivity index (χ2v) is 9.14. The number of esters is 1. The van der Waals surface area contributed by atoms with Crippen LogP contribution in [0.15, 0.2) is 53.4 Å². The van der Waals surface area contributed by atoms with Crippen molar-refractivity contribution >= 4 is 16.0 Å². The zero-order chi connectivity index (χ0) is 22.0. The number of halogens is 1. The molecule has 0 saturated carbocycles. The van der Waals surface area contributed by atoms with Gasteiger partial charge in [-0.05, 0) is 55.2 Å². The molecule has 2 aromatic rings. The molecule has 7 heteroatoms. The minimum absolute atomic E-state index is 0.197. The molecule has 1 unspecified atom stereocenters. The number of aryl methyl sites for hydroxylation is 1. The number of carbonyl (C=O) groups is 1. The van der Waals surface area contributed by atoms with Crippen LogP contribution in [0, 0.1) is 12.7 Å². The van der Waals surface area contributed by atoms with Gasteiger partial charge in [0.05, 0.1) is 12.0 Å². The van der Waals surface area contributed by atoms with Crippen molar-refractivity contribution in [1.29, 1.82) is 0 Å². The Kier molecular flexibility index (Phi) is 9.46. The predicted molar refractivity (Wildman–Crippen MR) is 115 cm³/mol. The Morgan fingerprint density at radius 2 is 1.70 bits per heavy atom. The maximum absolute atomic E-state index is 13.3. The highest BCUT2D eigenvalue weighted by Crippen LogP contribution is 2.24. The maximum atomic E-state index is 13.3.